The molecule has 5 rings (SSSR count). The first-order valence-electron chi connectivity index (χ1n) is 12.6. The number of nitrogen functional groups attached to an aromatic ring is 1. The number of pyridine rings is 2. The molecular weight excluding hydrogens is 562 g/mol. The molecule has 1 atom stereocenters. The Labute approximate surface area is 234 Å². The van der Waals surface area contributed by atoms with Crippen molar-refractivity contribution in [1.29, 1.82) is 0 Å². The van der Waals surface area contributed by atoms with Gasteiger partial charge in [-0.1, -0.05) is 47.1 Å². The lowest BCUT2D eigenvalue weighted by atomic mass is 10.0. The number of piperidine rings is 1. The van der Waals surface area contributed by atoms with E-state index in [1.807, 2.05) is 48.7 Å². The highest BCUT2D eigenvalue weighted by Gasteiger charge is 2.24. The number of nitrogens with zero attached hydrogens (tertiary/aromatic N) is 6. The molecule has 0 radical (unpaired) electrons. The predicted molar refractivity (Wildman–Crippen MR) is 154 cm³/mol. The van der Waals surface area contributed by atoms with E-state index in [0.717, 1.165) is 38.4 Å². The third-order valence-corrected chi connectivity index (χ3v) is 7.11. The van der Waals surface area contributed by atoms with Gasteiger partial charge in [0.05, 0.1) is 16.8 Å². The van der Waals surface area contributed by atoms with Gasteiger partial charge in [0.25, 0.3) is 0 Å². The molecular formula is C28H28BrN7O3. The van der Waals surface area contributed by atoms with Crippen LogP contribution < -0.4 is 10.6 Å². The maximum atomic E-state index is 11.3. The summed E-state index contributed by atoms with van der Waals surface area (Å²) in [7, 11) is 0. The predicted octanol–water partition coefficient (Wildman–Crippen LogP) is 5.18. The molecule has 1 saturated heterocycles. The van der Waals surface area contributed by atoms with Gasteiger partial charge in [-0.05, 0) is 41.5 Å². The van der Waals surface area contributed by atoms with Crippen LogP contribution in [-0.2, 0) is 9.63 Å². The lowest BCUT2D eigenvalue weighted by molar-refractivity contribution is -0.153. The van der Waals surface area contributed by atoms with Gasteiger partial charge in [-0.15, -0.1) is 0 Å². The summed E-state index contributed by atoms with van der Waals surface area (Å²) < 4.78 is 0.955. The number of benzene rings is 1. The minimum absolute atomic E-state index is 0.165. The van der Waals surface area contributed by atoms with Gasteiger partial charge in [-0.2, -0.15) is 0 Å². The largest absolute Gasteiger partial charge is 0.478 e. The SMILES string of the molecule is CC(C)C(ON=C1CCN(c2ccc(-c3cc(-c4cccc(Br)c4)c4c(N)ncnc4n3)cn2)CC1)C(=O)O. The molecule has 0 bridgehead atoms. The fourth-order valence-electron chi connectivity index (χ4n) is 4.51. The van der Waals surface area contributed by atoms with Crippen LogP contribution in [0.1, 0.15) is 26.7 Å². The van der Waals surface area contributed by atoms with Crippen molar-refractivity contribution in [2.75, 3.05) is 23.7 Å². The van der Waals surface area contributed by atoms with Crippen LogP contribution in [0.3, 0.4) is 0 Å². The number of nitrogens with two attached hydrogens (primary N) is 1. The number of fused-ring (bicyclic) bond motifs is 1. The van der Waals surface area contributed by atoms with Gasteiger partial charge in [0.1, 0.15) is 18.0 Å². The zero-order chi connectivity index (χ0) is 27.5. The van der Waals surface area contributed by atoms with E-state index in [1.165, 1.54) is 6.33 Å². The fourth-order valence-corrected chi connectivity index (χ4v) is 4.91. The molecule has 0 amide bonds. The van der Waals surface area contributed by atoms with Crippen LogP contribution in [0.4, 0.5) is 11.6 Å². The van der Waals surface area contributed by atoms with Crippen molar-refractivity contribution in [2.24, 2.45) is 11.1 Å². The molecule has 0 spiro atoms. The molecule has 10 nitrogen and oxygen atoms in total. The first kappa shape index (κ1) is 26.5. The number of carbonyl (C=O) groups is 1. The van der Waals surface area contributed by atoms with Crippen molar-refractivity contribution < 1.29 is 14.7 Å². The first-order valence-corrected chi connectivity index (χ1v) is 13.4. The summed E-state index contributed by atoms with van der Waals surface area (Å²) in [5, 5.41) is 14.1. The number of hydrogen-bond acceptors (Lipinski definition) is 9. The summed E-state index contributed by atoms with van der Waals surface area (Å²) in [6.45, 7) is 5.03. The molecule has 1 unspecified atom stereocenters. The minimum Gasteiger partial charge on any atom is -0.478 e. The van der Waals surface area contributed by atoms with Gasteiger partial charge >= 0.3 is 5.97 Å². The number of rotatable bonds is 7. The minimum atomic E-state index is -1.00. The van der Waals surface area contributed by atoms with Gasteiger partial charge in [-0.25, -0.2) is 24.7 Å². The second kappa shape index (κ2) is 11.3. The van der Waals surface area contributed by atoms with E-state index in [-0.39, 0.29) is 5.92 Å². The van der Waals surface area contributed by atoms with E-state index >= 15 is 0 Å². The summed E-state index contributed by atoms with van der Waals surface area (Å²) >= 11 is 3.55. The maximum absolute atomic E-state index is 11.3. The van der Waals surface area contributed by atoms with Gasteiger partial charge in [0.15, 0.2) is 5.65 Å². The smallest absolute Gasteiger partial charge is 0.348 e. The molecule has 4 heterocycles. The van der Waals surface area contributed by atoms with Crippen LogP contribution in [0, 0.1) is 5.92 Å². The Morgan fingerprint density at radius 2 is 1.90 bits per heavy atom. The third kappa shape index (κ3) is 5.83. The van der Waals surface area contributed by atoms with E-state index < -0.39 is 12.1 Å². The van der Waals surface area contributed by atoms with Crippen LogP contribution in [-0.4, -0.2) is 55.9 Å². The quantitative estimate of drug-likeness (QED) is 0.279. The van der Waals surface area contributed by atoms with Crippen LogP contribution in [0.2, 0.25) is 0 Å². The Morgan fingerprint density at radius 3 is 2.56 bits per heavy atom. The normalized spacial score (nSPS) is 14.5. The number of carboxylic acid groups (broad SMARTS) is 1. The summed E-state index contributed by atoms with van der Waals surface area (Å²) in [4.78, 5) is 36.9. The lowest BCUT2D eigenvalue weighted by Gasteiger charge is -2.28. The molecule has 0 aliphatic carbocycles. The molecule has 0 saturated carbocycles. The molecule has 1 aliphatic rings. The Hall–Kier alpha value is -4.12. The Morgan fingerprint density at radius 1 is 1.10 bits per heavy atom. The number of oxime groups is 1. The average molecular weight is 590 g/mol. The zero-order valence-electron chi connectivity index (χ0n) is 21.6. The molecule has 4 aromatic rings. The van der Waals surface area contributed by atoms with Crippen molar-refractivity contribution in [3.8, 4) is 22.4 Å². The number of aliphatic carboxylic acids is 1. The molecule has 200 valence electrons. The highest BCUT2D eigenvalue weighted by molar-refractivity contribution is 9.10. The Bertz CT molecular complexity index is 1530. The molecule has 1 aliphatic heterocycles. The molecule has 1 fully saturated rings. The summed E-state index contributed by atoms with van der Waals surface area (Å²) in [6.07, 6.45) is 3.64. The average Bonchev–Trinajstić information content (AvgIpc) is 2.93. The maximum Gasteiger partial charge on any atom is 0.348 e. The van der Waals surface area contributed by atoms with E-state index in [0.29, 0.717) is 42.8 Å². The van der Waals surface area contributed by atoms with Crippen molar-refractivity contribution in [3.05, 3.63) is 59.5 Å². The standard InChI is InChI=1S/C28H28BrN7O3/c1-16(2)25(28(37)38)39-35-20-8-10-36(11-9-20)23-7-6-18(14-31-23)22-13-21(17-4-3-5-19(29)12-17)24-26(30)32-15-33-27(24)34-22/h3-7,12-16,25H,8-11H2,1-2H3,(H,37,38)(H2,30,32,33,34). The van der Waals surface area contributed by atoms with Crippen LogP contribution in [0.5, 0.6) is 0 Å². The van der Waals surface area contributed by atoms with Crippen molar-refractivity contribution in [3.63, 3.8) is 0 Å². The van der Waals surface area contributed by atoms with Gasteiger partial charge < -0.3 is 20.6 Å². The summed E-state index contributed by atoms with van der Waals surface area (Å²) in [5.41, 5.74) is 11.1. The third-order valence-electron chi connectivity index (χ3n) is 6.62. The second-order valence-corrected chi connectivity index (χ2v) is 10.6. The van der Waals surface area contributed by atoms with E-state index in [9.17, 15) is 9.90 Å². The van der Waals surface area contributed by atoms with Crippen molar-refractivity contribution >= 4 is 50.3 Å². The molecule has 39 heavy (non-hydrogen) atoms. The van der Waals surface area contributed by atoms with Crippen LogP contribution in [0.25, 0.3) is 33.4 Å². The lowest BCUT2D eigenvalue weighted by Crippen LogP contribution is -2.35. The number of anilines is 2. The molecule has 3 N–H and O–H groups in total. The Balaban J connectivity index is 1.36. The second-order valence-electron chi connectivity index (χ2n) is 9.68. The van der Waals surface area contributed by atoms with Gasteiger partial charge in [-0.3, -0.25) is 0 Å². The van der Waals surface area contributed by atoms with Gasteiger partial charge in [0, 0.05) is 48.1 Å². The number of carboxylic acids is 1. The number of aromatic nitrogens is 4. The van der Waals surface area contributed by atoms with E-state index in [1.54, 1.807) is 13.8 Å². The molecule has 3 aromatic heterocycles. The molecule has 1 aromatic carbocycles. The summed E-state index contributed by atoms with van der Waals surface area (Å²) in [6, 6.07) is 13.9. The number of hydrogen-bond donors (Lipinski definition) is 2. The first-order chi connectivity index (χ1) is 18.8. The van der Waals surface area contributed by atoms with Crippen molar-refractivity contribution in [1.82, 2.24) is 19.9 Å². The van der Waals surface area contributed by atoms with E-state index in [4.69, 9.17) is 20.5 Å². The van der Waals surface area contributed by atoms with Crippen LogP contribution in [0.15, 0.2) is 64.6 Å². The zero-order valence-corrected chi connectivity index (χ0v) is 23.2. The van der Waals surface area contributed by atoms with Gasteiger partial charge in [0.2, 0.25) is 6.10 Å². The van der Waals surface area contributed by atoms with Crippen molar-refractivity contribution in [2.45, 2.75) is 32.8 Å². The molecule has 11 heteroatoms. The number of halogens is 1. The van der Waals surface area contributed by atoms with E-state index in [2.05, 4.69) is 36.0 Å². The summed E-state index contributed by atoms with van der Waals surface area (Å²) in [5.74, 6) is 0.0614. The highest BCUT2D eigenvalue weighted by Crippen LogP contribution is 2.34. The monoisotopic (exact) mass is 589 g/mol. The Kier molecular flexibility index (Phi) is 7.69. The fraction of sp³-hybridized carbons (Fsp3) is 0.286. The highest BCUT2D eigenvalue weighted by atomic mass is 79.9. The topological polar surface area (TPSA) is 140 Å². The van der Waals surface area contributed by atoms with Crippen LogP contribution >= 0.6 is 15.9 Å².